The predicted octanol–water partition coefficient (Wildman–Crippen LogP) is 2.39. The molecule has 104 valence electrons. The summed E-state index contributed by atoms with van der Waals surface area (Å²) in [5.74, 6) is -0.0164. The van der Waals surface area contributed by atoms with E-state index in [4.69, 9.17) is 0 Å². The SMILES string of the molecule is CC(=O)c1cccc(NC(=O)[C@@H]2CCCCN2)c1.Cl. The van der Waals surface area contributed by atoms with Crippen molar-refractivity contribution in [2.24, 2.45) is 0 Å². The van der Waals surface area contributed by atoms with E-state index in [-0.39, 0.29) is 30.1 Å². The number of nitrogens with one attached hydrogen (secondary N) is 2. The molecule has 1 heterocycles. The zero-order valence-electron chi connectivity index (χ0n) is 10.9. The third kappa shape index (κ3) is 4.33. The predicted molar refractivity (Wildman–Crippen MR) is 78.0 cm³/mol. The topological polar surface area (TPSA) is 58.2 Å². The number of amides is 1. The third-order valence-corrected chi connectivity index (χ3v) is 3.16. The summed E-state index contributed by atoms with van der Waals surface area (Å²) in [5, 5.41) is 6.05. The molecule has 2 rings (SSSR count). The number of carbonyl (C=O) groups excluding carboxylic acids is 2. The van der Waals surface area contributed by atoms with Crippen molar-refractivity contribution in [3.05, 3.63) is 29.8 Å². The number of rotatable bonds is 3. The van der Waals surface area contributed by atoms with Crippen molar-refractivity contribution in [2.45, 2.75) is 32.2 Å². The number of Topliss-reactive ketones (excluding diaryl/α,β-unsaturated/α-hetero) is 1. The summed E-state index contributed by atoms with van der Waals surface area (Å²) in [6.07, 6.45) is 3.08. The molecule has 1 amide bonds. The molecular weight excluding hydrogens is 264 g/mol. The Hall–Kier alpha value is -1.39. The monoisotopic (exact) mass is 282 g/mol. The average Bonchev–Trinajstić information content (AvgIpc) is 2.40. The fourth-order valence-electron chi connectivity index (χ4n) is 2.12. The van der Waals surface area contributed by atoms with E-state index in [9.17, 15) is 9.59 Å². The van der Waals surface area contributed by atoms with E-state index in [1.807, 2.05) is 0 Å². The van der Waals surface area contributed by atoms with Gasteiger partial charge < -0.3 is 10.6 Å². The second-order valence-corrected chi connectivity index (χ2v) is 4.63. The van der Waals surface area contributed by atoms with Crippen molar-refractivity contribution in [1.29, 1.82) is 0 Å². The van der Waals surface area contributed by atoms with Gasteiger partial charge in [0.05, 0.1) is 6.04 Å². The molecule has 0 saturated carbocycles. The first-order valence-electron chi connectivity index (χ1n) is 6.32. The summed E-state index contributed by atoms with van der Waals surface area (Å²) < 4.78 is 0. The highest BCUT2D eigenvalue weighted by Gasteiger charge is 2.20. The number of halogens is 1. The molecular formula is C14H19ClN2O2. The number of carbonyl (C=O) groups is 2. The summed E-state index contributed by atoms with van der Waals surface area (Å²) in [7, 11) is 0. The molecule has 1 aliphatic rings. The molecule has 0 bridgehead atoms. The first kappa shape index (κ1) is 15.7. The van der Waals surface area contributed by atoms with Gasteiger partial charge in [-0.1, -0.05) is 18.6 Å². The highest BCUT2D eigenvalue weighted by atomic mass is 35.5. The minimum Gasteiger partial charge on any atom is -0.325 e. The molecule has 4 nitrogen and oxygen atoms in total. The van der Waals surface area contributed by atoms with Gasteiger partial charge in [0.2, 0.25) is 5.91 Å². The van der Waals surface area contributed by atoms with Crippen LogP contribution in [0.5, 0.6) is 0 Å². The van der Waals surface area contributed by atoms with Crippen LogP contribution >= 0.6 is 12.4 Å². The van der Waals surface area contributed by atoms with Gasteiger partial charge in [-0.25, -0.2) is 0 Å². The fraction of sp³-hybridized carbons (Fsp3) is 0.429. The van der Waals surface area contributed by atoms with Gasteiger partial charge in [0.25, 0.3) is 0 Å². The first-order chi connectivity index (χ1) is 8.66. The van der Waals surface area contributed by atoms with Crippen molar-refractivity contribution < 1.29 is 9.59 Å². The van der Waals surface area contributed by atoms with Crippen LogP contribution in [-0.2, 0) is 4.79 Å². The Labute approximate surface area is 119 Å². The van der Waals surface area contributed by atoms with Crippen LogP contribution in [0, 0.1) is 0 Å². The van der Waals surface area contributed by atoms with Gasteiger partial charge in [0, 0.05) is 11.3 Å². The van der Waals surface area contributed by atoms with Gasteiger partial charge in [-0.05, 0) is 38.4 Å². The van der Waals surface area contributed by atoms with Crippen molar-refractivity contribution in [3.63, 3.8) is 0 Å². The molecule has 1 fully saturated rings. The molecule has 0 aliphatic carbocycles. The summed E-state index contributed by atoms with van der Waals surface area (Å²) in [4.78, 5) is 23.3. The maximum absolute atomic E-state index is 12.0. The number of hydrogen-bond donors (Lipinski definition) is 2. The van der Waals surface area contributed by atoms with E-state index in [0.29, 0.717) is 11.3 Å². The normalized spacial score (nSPS) is 18.3. The average molecular weight is 283 g/mol. The van der Waals surface area contributed by atoms with E-state index >= 15 is 0 Å². The molecule has 5 heteroatoms. The Bertz CT molecular complexity index is 457. The highest BCUT2D eigenvalue weighted by Crippen LogP contribution is 2.13. The molecule has 1 aromatic carbocycles. The van der Waals surface area contributed by atoms with Gasteiger partial charge in [0.1, 0.15) is 0 Å². The largest absolute Gasteiger partial charge is 0.325 e. The number of ketones is 1. The molecule has 19 heavy (non-hydrogen) atoms. The third-order valence-electron chi connectivity index (χ3n) is 3.16. The van der Waals surface area contributed by atoms with Gasteiger partial charge >= 0.3 is 0 Å². The van der Waals surface area contributed by atoms with Crippen molar-refractivity contribution in [3.8, 4) is 0 Å². The minimum atomic E-state index is -0.111. The maximum Gasteiger partial charge on any atom is 0.241 e. The highest BCUT2D eigenvalue weighted by molar-refractivity contribution is 5.98. The number of piperidine rings is 1. The molecule has 1 aliphatic heterocycles. The van der Waals surface area contributed by atoms with Crippen LogP contribution in [0.1, 0.15) is 36.5 Å². The maximum atomic E-state index is 12.0. The standard InChI is InChI=1S/C14H18N2O2.ClH/c1-10(17)11-5-4-6-12(9-11)16-14(18)13-7-2-3-8-15-13;/h4-6,9,13,15H,2-3,7-8H2,1H3,(H,16,18);1H/t13-;/m0./s1. The van der Waals surface area contributed by atoms with Crippen LogP contribution in [0.2, 0.25) is 0 Å². The Kier molecular flexibility index (Phi) is 5.99. The number of hydrogen-bond acceptors (Lipinski definition) is 3. The van der Waals surface area contributed by atoms with E-state index in [2.05, 4.69) is 10.6 Å². The Morgan fingerprint density at radius 3 is 2.74 bits per heavy atom. The minimum absolute atomic E-state index is 0. The van der Waals surface area contributed by atoms with E-state index in [1.165, 1.54) is 6.92 Å². The molecule has 0 aromatic heterocycles. The van der Waals surface area contributed by atoms with Crippen molar-refractivity contribution in [2.75, 3.05) is 11.9 Å². The van der Waals surface area contributed by atoms with Crippen LogP contribution in [0.3, 0.4) is 0 Å². The Morgan fingerprint density at radius 2 is 2.11 bits per heavy atom. The first-order valence-corrected chi connectivity index (χ1v) is 6.32. The van der Waals surface area contributed by atoms with Gasteiger partial charge in [-0.15, -0.1) is 12.4 Å². The smallest absolute Gasteiger partial charge is 0.241 e. The Morgan fingerprint density at radius 1 is 1.32 bits per heavy atom. The van der Waals surface area contributed by atoms with Crippen molar-refractivity contribution in [1.82, 2.24) is 5.32 Å². The van der Waals surface area contributed by atoms with Crippen LogP contribution in [-0.4, -0.2) is 24.3 Å². The molecule has 2 N–H and O–H groups in total. The van der Waals surface area contributed by atoms with E-state index < -0.39 is 0 Å². The number of benzene rings is 1. The Balaban J connectivity index is 0.00000180. The lowest BCUT2D eigenvalue weighted by atomic mass is 10.0. The zero-order valence-corrected chi connectivity index (χ0v) is 11.8. The van der Waals surface area contributed by atoms with Crippen LogP contribution < -0.4 is 10.6 Å². The van der Waals surface area contributed by atoms with Crippen LogP contribution in [0.4, 0.5) is 5.69 Å². The fourth-order valence-corrected chi connectivity index (χ4v) is 2.12. The van der Waals surface area contributed by atoms with Crippen LogP contribution in [0.25, 0.3) is 0 Å². The van der Waals surface area contributed by atoms with Gasteiger partial charge in [-0.3, -0.25) is 9.59 Å². The van der Waals surface area contributed by atoms with Gasteiger partial charge in [0.15, 0.2) is 5.78 Å². The van der Waals surface area contributed by atoms with Crippen molar-refractivity contribution >= 4 is 29.8 Å². The summed E-state index contributed by atoms with van der Waals surface area (Å²) in [6, 6.07) is 6.92. The molecule has 1 aromatic rings. The zero-order chi connectivity index (χ0) is 13.0. The summed E-state index contributed by atoms with van der Waals surface area (Å²) >= 11 is 0. The summed E-state index contributed by atoms with van der Waals surface area (Å²) in [6.45, 7) is 2.41. The van der Waals surface area contributed by atoms with Gasteiger partial charge in [-0.2, -0.15) is 0 Å². The molecule has 0 unspecified atom stereocenters. The van der Waals surface area contributed by atoms with E-state index in [1.54, 1.807) is 24.3 Å². The second kappa shape index (κ2) is 7.26. The lowest BCUT2D eigenvalue weighted by molar-refractivity contribution is -0.118. The molecule has 1 saturated heterocycles. The molecule has 1 atom stereocenters. The quantitative estimate of drug-likeness (QED) is 0.837. The second-order valence-electron chi connectivity index (χ2n) is 4.63. The molecule has 0 spiro atoms. The van der Waals surface area contributed by atoms with Crippen LogP contribution in [0.15, 0.2) is 24.3 Å². The van der Waals surface area contributed by atoms with E-state index in [0.717, 1.165) is 25.8 Å². The number of anilines is 1. The lowest BCUT2D eigenvalue weighted by Gasteiger charge is -2.22. The lowest BCUT2D eigenvalue weighted by Crippen LogP contribution is -2.43. The molecule has 0 radical (unpaired) electrons. The summed E-state index contributed by atoms with van der Waals surface area (Å²) in [5.41, 5.74) is 1.30.